The van der Waals surface area contributed by atoms with Gasteiger partial charge in [-0.05, 0) is 43.7 Å². The average molecular weight is 452 g/mol. The van der Waals surface area contributed by atoms with E-state index in [4.69, 9.17) is 4.74 Å². The van der Waals surface area contributed by atoms with Crippen LogP contribution in [0.1, 0.15) is 11.1 Å². The summed E-state index contributed by atoms with van der Waals surface area (Å²) < 4.78 is 33.6. The van der Waals surface area contributed by atoms with Crippen molar-refractivity contribution in [3.63, 3.8) is 0 Å². The van der Waals surface area contributed by atoms with Crippen molar-refractivity contribution in [2.24, 2.45) is 5.41 Å². The van der Waals surface area contributed by atoms with Crippen molar-refractivity contribution in [1.29, 1.82) is 0 Å². The molecular formula is C22H21N5O4S. The van der Waals surface area contributed by atoms with Crippen LogP contribution in [0.2, 0.25) is 0 Å². The van der Waals surface area contributed by atoms with E-state index >= 15 is 0 Å². The Morgan fingerprint density at radius 2 is 1.88 bits per heavy atom. The Morgan fingerprint density at radius 1 is 1.09 bits per heavy atom. The van der Waals surface area contributed by atoms with E-state index in [1.807, 2.05) is 19.1 Å². The van der Waals surface area contributed by atoms with Crippen LogP contribution in [0.15, 0.2) is 51.1 Å². The minimum Gasteiger partial charge on any atom is -0.380 e. The van der Waals surface area contributed by atoms with Gasteiger partial charge in [0.25, 0.3) is 5.56 Å². The molecule has 0 aliphatic carbocycles. The van der Waals surface area contributed by atoms with Crippen molar-refractivity contribution in [3.05, 3.63) is 57.9 Å². The number of benzene rings is 2. The number of aromatic amines is 1. The SMILES string of the molecule is Cc1ccc(S(=O)(=O)c2n[nH]n3c2nc(=O)c2ccc(N4CC5(COC5)C4)cc23)c(C)c1. The Labute approximate surface area is 183 Å². The third-order valence-electron chi connectivity index (χ3n) is 6.42. The second-order valence-corrected chi connectivity index (χ2v) is 10.7. The van der Waals surface area contributed by atoms with Crippen LogP contribution < -0.4 is 10.5 Å². The van der Waals surface area contributed by atoms with Gasteiger partial charge in [-0.15, -0.1) is 5.10 Å². The number of H-pyrrole nitrogens is 1. The minimum atomic E-state index is -3.98. The first-order valence-electron chi connectivity index (χ1n) is 10.3. The van der Waals surface area contributed by atoms with Crippen molar-refractivity contribution in [2.45, 2.75) is 23.8 Å². The van der Waals surface area contributed by atoms with Crippen LogP contribution in [0, 0.1) is 19.3 Å². The zero-order valence-electron chi connectivity index (χ0n) is 17.6. The van der Waals surface area contributed by atoms with E-state index in [0.717, 1.165) is 37.6 Å². The number of hydrogen-bond acceptors (Lipinski definition) is 7. The molecule has 4 heterocycles. The normalized spacial score (nSPS) is 17.6. The third kappa shape index (κ3) is 2.66. The number of anilines is 1. The van der Waals surface area contributed by atoms with Crippen molar-refractivity contribution in [1.82, 2.24) is 19.8 Å². The van der Waals surface area contributed by atoms with E-state index in [-0.39, 0.29) is 21.0 Å². The van der Waals surface area contributed by atoms with Gasteiger partial charge in [0, 0.05) is 18.8 Å². The summed E-state index contributed by atoms with van der Waals surface area (Å²) in [6.07, 6.45) is 0. The Hall–Kier alpha value is -3.24. The van der Waals surface area contributed by atoms with Crippen LogP contribution in [-0.2, 0) is 14.6 Å². The van der Waals surface area contributed by atoms with Gasteiger partial charge in [-0.2, -0.15) is 4.98 Å². The fourth-order valence-electron chi connectivity index (χ4n) is 4.70. The maximum absolute atomic E-state index is 13.4. The van der Waals surface area contributed by atoms with E-state index < -0.39 is 15.4 Å². The molecule has 2 aliphatic heterocycles. The van der Waals surface area contributed by atoms with Crippen molar-refractivity contribution >= 4 is 32.1 Å². The highest BCUT2D eigenvalue weighted by atomic mass is 32.2. The fraction of sp³-hybridized carbons (Fsp3) is 0.318. The van der Waals surface area contributed by atoms with E-state index in [0.29, 0.717) is 16.5 Å². The molecule has 2 aliphatic rings. The minimum absolute atomic E-state index is 0.00732. The van der Waals surface area contributed by atoms with Gasteiger partial charge >= 0.3 is 0 Å². The molecule has 2 aromatic heterocycles. The summed E-state index contributed by atoms with van der Waals surface area (Å²) in [7, 11) is -3.98. The van der Waals surface area contributed by atoms with E-state index in [1.165, 1.54) is 4.52 Å². The second kappa shape index (κ2) is 6.39. The van der Waals surface area contributed by atoms with Gasteiger partial charge in [0.15, 0.2) is 5.65 Å². The largest absolute Gasteiger partial charge is 0.380 e. The molecular weight excluding hydrogens is 430 g/mol. The molecule has 9 nitrogen and oxygen atoms in total. The summed E-state index contributed by atoms with van der Waals surface area (Å²) in [6, 6.07) is 10.6. The van der Waals surface area contributed by atoms with Gasteiger partial charge in [-0.3, -0.25) is 4.79 Å². The van der Waals surface area contributed by atoms with Gasteiger partial charge in [0.2, 0.25) is 14.9 Å². The highest BCUT2D eigenvalue weighted by Crippen LogP contribution is 2.40. The lowest BCUT2D eigenvalue weighted by atomic mass is 9.78. The van der Waals surface area contributed by atoms with Crippen LogP contribution in [0.5, 0.6) is 0 Å². The first-order valence-corrected chi connectivity index (χ1v) is 11.8. The molecule has 10 heteroatoms. The van der Waals surface area contributed by atoms with Gasteiger partial charge in [-0.25, -0.2) is 18.1 Å². The Morgan fingerprint density at radius 3 is 2.56 bits per heavy atom. The van der Waals surface area contributed by atoms with Gasteiger partial charge in [-0.1, -0.05) is 17.7 Å². The van der Waals surface area contributed by atoms with Crippen LogP contribution in [-0.4, -0.2) is 54.5 Å². The Kier molecular flexibility index (Phi) is 3.89. The van der Waals surface area contributed by atoms with Crippen LogP contribution >= 0.6 is 0 Å². The summed E-state index contributed by atoms with van der Waals surface area (Å²) in [4.78, 5) is 19.2. The summed E-state index contributed by atoms with van der Waals surface area (Å²) in [5.74, 6) is 0. The van der Waals surface area contributed by atoms with Crippen molar-refractivity contribution < 1.29 is 13.2 Å². The highest BCUT2D eigenvalue weighted by Gasteiger charge is 2.49. The number of fused-ring (bicyclic) bond motifs is 3. The lowest BCUT2D eigenvalue weighted by Gasteiger charge is -2.56. The van der Waals surface area contributed by atoms with Crippen LogP contribution in [0.3, 0.4) is 0 Å². The number of ether oxygens (including phenoxy) is 1. The lowest BCUT2D eigenvalue weighted by Crippen LogP contribution is -2.66. The van der Waals surface area contributed by atoms with E-state index in [1.54, 1.807) is 31.2 Å². The first-order chi connectivity index (χ1) is 15.3. The first kappa shape index (κ1) is 19.4. The molecule has 32 heavy (non-hydrogen) atoms. The molecule has 1 N–H and O–H groups in total. The average Bonchev–Trinajstić information content (AvgIpc) is 3.10. The number of aromatic nitrogens is 4. The molecule has 164 valence electrons. The molecule has 0 saturated carbocycles. The quantitative estimate of drug-likeness (QED) is 0.506. The van der Waals surface area contributed by atoms with Gasteiger partial charge in [0.05, 0.1) is 34.4 Å². The van der Waals surface area contributed by atoms with Gasteiger partial charge in [0.1, 0.15) is 0 Å². The summed E-state index contributed by atoms with van der Waals surface area (Å²) >= 11 is 0. The molecule has 0 radical (unpaired) electrons. The summed E-state index contributed by atoms with van der Waals surface area (Å²) in [5.41, 5.74) is 2.83. The zero-order valence-corrected chi connectivity index (χ0v) is 18.4. The number of sulfone groups is 1. The number of nitrogens with one attached hydrogen (secondary N) is 1. The molecule has 0 atom stereocenters. The molecule has 2 aromatic carbocycles. The highest BCUT2D eigenvalue weighted by molar-refractivity contribution is 7.91. The van der Waals surface area contributed by atoms with Gasteiger partial charge < -0.3 is 9.64 Å². The molecule has 4 aromatic rings. The number of hydrogen-bond donors (Lipinski definition) is 1. The van der Waals surface area contributed by atoms with Crippen molar-refractivity contribution in [3.8, 4) is 0 Å². The number of nitrogens with zero attached hydrogens (tertiary/aromatic N) is 4. The van der Waals surface area contributed by atoms with Crippen LogP contribution in [0.4, 0.5) is 5.69 Å². The molecule has 1 spiro atoms. The molecule has 0 bridgehead atoms. The lowest BCUT2D eigenvalue weighted by molar-refractivity contribution is -0.127. The monoisotopic (exact) mass is 451 g/mol. The molecule has 2 saturated heterocycles. The predicted octanol–water partition coefficient (Wildman–Crippen LogP) is 1.86. The zero-order chi connectivity index (χ0) is 22.3. The topological polar surface area (TPSA) is 110 Å². The third-order valence-corrected chi connectivity index (χ3v) is 8.24. The number of rotatable bonds is 3. The molecule has 2 fully saturated rings. The maximum Gasteiger partial charge on any atom is 0.281 e. The van der Waals surface area contributed by atoms with E-state index in [2.05, 4.69) is 20.2 Å². The Bertz CT molecular complexity index is 1580. The fourth-order valence-corrected chi connectivity index (χ4v) is 6.17. The summed E-state index contributed by atoms with van der Waals surface area (Å²) in [5, 5.41) is 6.96. The van der Waals surface area contributed by atoms with Crippen LogP contribution in [0.25, 0.3) is 16.6 Å². The van der Waals surface area contributed by atoms with Crippen molar-refractivity contribution in [2.75, 3.05) is 31.2 Å². The molecule has 0 amide bonds. The standard InChI is InChI=1S/C22H21N5O4S/c1-13-3-6-18(14(2)7-13)32(29,30)21-19-23-20(28)16-5-4-15(8-17(16)27(19)25-24-21)26-9-22(10-26)11-31-12-22/h3-8,25H,9-12H2,1-2H3. The van der Waals surface area contributed by atoms with E-state index in [9.17, 15) is 13.2 Å². The smallest absolute Gasteiger partial charge is 0.281 e. The maximum atomic E-state index is 13.4. The number of aryl methyl sites for hydroxylation is 2. The molecule has 6 rings (SSSR count). The molecule has 0 unspecified atom stereocenters. The predicted molar refractivity (Wildman–Crippen MR) is 118 cm³/mol. The second-order valence-electron chi connectivity index (χ2n) is 8.92. The summed E-state index contributed by atoms with van der Waals surface area (Å²) in [6.45, 7) is 7.00. The Balaban J connectivity index is 1.50.